The molecule has 2 aromatic carbocycles. The third-order valence-corrected chi connectivity index (χ3v) is 4.25. The minimum atomic E-state index is 0.479. The molecule has 0 unspecified atom stereocenters. The first kappa shape index (κ1) is 13.2. The van der Waals surface area contributed by atoms with E-state index in [0.717, 1.165) is 31.6 Å². The van der Waals surface area contributed by atoms with Crippen LogP contribution in [0.25, 0.3) is 34.2 Å². The van der Waals surface area contributed by atoms with Crippen molar-refractivity contribution in [3.8, 4) is 0 Å². The molecule has 0 radical (unpaired) electrons. The molecule has 0 amide bonds. The molecule has 0 saturated heterocycles. The zero-order valence-electron chi connectivity index (χ0n) is 12.5. The van der Waals surface area contributed by atoms with E-state index >= 15 is 0 Å². The number of anilines is 2. The quantitative estimate of drug-likeness (QED) is 0.616. The molecule has 0 spiro atoms. The molecule has 2 aliphatic rings. The summed E-state index contributed by atoms with van der Waals surface area (Å²) in [5.74, 6) is 0. The Hall–Kier alpha value is -3.22. The summed E-state index contributed by atoms with van der Waals surface area (Å²) in [5.41, 5.74) is 3.90. The summed E-state index contributed by atoms with van der Waals surface area (Å²) < 4.78 is 0. The van der Waals surface area contributed by atoms with Gasteiger partial charge >= 0.3 is 0 Å². The number of hydrogen-bond acceptors (Lipinski definition) is 6. The highest BCUT2D eigenvalue weighted by atomic mass is 16.5. The lowest BCUT2D eigenvalue weighted by Crippen LogP contribution is -2.33. The monoisotopic (exact) mass is 316 g/mol. The number of aromatic nitrogens is 2. The zero-order valence-corrected chi connectivity index (χ0v) is 12.5. The molecule has 0 atom stereocenters. The lowest BCUT2D eigenvalue weighted by Gasteiger charge is -2.25. The summed E-state index contributed by atoms with van der Waals surface area (Å²) >= 11 is 0. The molecular formula is C18H12N4O2. The summed E-state index contributed by atoms with van der Waals surface area (Å²) in [6, 6.07) is 7.65. The lowest BCUT2D eigenvalue weighted by atomic mass is 10.1. The van der Waals surface area contributed by atoms with Crippen LogP contribution in [0.3, 0.4) is 0 Å². The van der Waals surface area contributed by atoms with Crippen LogP contribution in [0.1, 0.15) is 0 Å². The van der Waals surface area contributed by atoms with E-state index in [1.165, 1.54) is 12.4 Å². The third kappa shape index (κ3) is 1.66. The summed E-state index contributed by atoms with van der Waals surface area (Å²) in [5, 5.41) is 24.1. The van der Waals surface area contributed by atoms with Crippen molar-refractivity contribution in [1.82, 2.24) is 9.97 Å². The van der Waals surface area contributed by atoms with E-state index < -0.39 is 0 Å². The van der Waals surface area contributed by atoms with E-state index in [1.807, 2.05) is 36.4 Å². The van der Waals surface area contributed by atoms with Crippen LogP contribution in [0.4, 0.5) is 11.4 Å². The van der Waals surface area contributed by atoms with Gasteiger partial charge in [-0.15, -0.1) is 0 Å². The van der Waals surface area contributed by atoms with Crippen LogP contribution in [0.2, 0.25) is 0 Å². The van der Waals surface area contributed by atoms with Gasteiger partial charge in [-0.2, -0.15) is 0 Å². The molecule has 24 heavy (non-hydrogen) atoms. The van der Waals surface area contributed by atoms with Crippen molar-refractivity contribution in [2.75, 3.05) is 10.1 Å². The molecule has 5 rings (SSSR count). The summed E-state index contributed by atoms with van der Waals surface area (Å²) in [4.78, 5) is 9.50. The second-order valence-corrected chi connectivity index (χ2v) is 5.64. The smallest absolute Gasteiger partial charge is 0.105 e. The molecule has 1 aromatic heterocycles. The van der Waals surface area contributed by atoms with E-state index in [-0.39, 0.29) is 0 Å². The maximum absolute atomic E-state index is 10.3. The fourth-order valence-electron chi connectivity index (χ4n) is 3.23. The summed E-state index contributed by atoms with van der Waals surface area (Å²) in [6.45, 7) is 0. The van der Waals surface area contributed by atoms with Gasteiger partial charge in [0.15, 0.2) is 0 Å². The molecule has 0 bridgehead atoms. The van der Waals surface area contributed by atoms with Crippen LogP contribution >= 0.6 is 0 Å². The Labute approximate surface area is 136 Å². The number of fused-ring (bicyclic) bond motifs is 7. The van der Waals surface area contributed by atoms with E-state index in [4.69, 9.17) is 9.97 Å². The first-order valence-electron chi connectivity index (χ1n) is 7.50. The number of para-hydroxylation sites is 2. The van der Waals surface area contributed by atoms with Crippen molar-refractivity contribution in [2.45, 2.75) is 0 Å². The van der Waals surface area contributed by atoms with Gasteiger partial charge in [-0.3, -0.25) is 10.4 Å². The Bertz CT molecular complexity index is 1100. The van der Waals surface area contributed by atoms with E-state index in [9.17, 15) is 10.4 Å². The highest BCUT2D eigenvalue weighted by Crippen LogP contribution is 2.27. The predicted octanol–water partition coefficient (Wildman–Crippen LogP) is 1.79. The van der Waals surface area contributed by atoms with Crippen molar-refractivity contribution in [3.63, 3.8) is 0 Å². The second-order valence-electron chi connectivity index (χ2n) is 5.64. The van der Waals surface area contributed by atoms with Gasteiger partial charge in [0.2, 0.25) is 0 Å². The van der Waals surface area contributed by atoms with Crippen LogP contribution < -0.4 is 20.6 Å². The highest BCUT2D eigenvalue weighted by Gasteiger charge is 2.23. The van der Waals surface area contributed by atoms with Crippen molar-refractivity contribution >= 4 is 45.6 Å². The average Bonchev–Trinajstić information content (AvgIpc) is 2.61. The number of nitrogens with zero attached hydrogens (tertiary/aromatic N) is 4. The van der Waals surface area contributed by atoms with Crippen LogP contribution in [0, 0.1) is 0 Å². The SMILES string of the molecule is ON1C=CC=c2c1c1c(c3nc4ccccc4nc23)=CC=CN1O. The Balaban J connectivity index is 2.10. The van der Waals surface area contributed by atoms with Gasteiger partial charge < -0.3 is 0 Å². The van der Waals surface area contributed by atoms with E-state index in [0.29, 0.717) is 22.4 Å². The zero-order chi connectivity index (χ0) is 16.3. The first-order valence-corrected chi connectivity index (χ1v) is 7.50. The van der Waals surface area contributed by atoms with Crippen LogP contribution in [-0.2, 0) is 0 Å². The molecule has 2 aliphatic heterocycles. The van der Waals surface area contributed by atoms with Crippen molar-refractivity contribution in [3.05, 3.63) is 59.3 Å². The first-order chi connectivity index (χ1) is 11.7. The molecule has 3 aromatic rings. The van der Waals surface area contributed by atoms with E-state index in [1.54, 1.807) is 12.2 Å². The van der Waals surface area contributed by atoms with Crippen LogP contribution in [0.5, 0.6) is 0 Å². The standard InChI is InChI=1S/C18H12N4O2/c23-21-9-3-5-11-15-16(20-14-8-2-1-7-13(14)19-15)12-6-4-10-22(24)18(12)17(11)21/h1-10,23-24H. The Morgan fingerprint density at radius 3 is 1.62 bits per heavy atom. The third-order valence-electron chi connectivity index (χ3n) is 4.25. The van der Waals surface area contributed by atoms with Gasteiger partial charge in [-0.05, 0) is 36.4 Å². The predicted molar refractivity (Wildman–Crippen MR) is 92.0 cm³/mol. The van der Waals surface area contributed by atoms with Crippen molar-refractivity contribution < 1.29 is 10.4 Å². The lowest BCUT2D eigenvalue weighted by molar-refractivity contribution is 0.280. The highest BCUT2D eigenvalue weighted by molar-refractivity contribution is 5.96. The Morgan fingerprint density at radius 1 is 0.708 bits per heavy atom. The molecule has 116 valence electrons. The average molecular weight is 316 g/mol. The molecular weight excluding hydrogens is 304 g/mol. The van der Waals surface area contributed by atoms with Gasteiger partial charge in [0.1, 0.15) is 11.4 Å². The molecule has 3 heterocycles. The minimum absolute atomic E-state index is 0.479. The minimum Gasteiger partial charge on any atom is -0.284 e. The van der Waals surface area contributed by atoms with Gasteiger partial charge in [-0.25, -0.2) is 20.1 Å². The van der Waals surface area contributed by atoms with Gasteiger partial charge in [0, 0.05) is 22.8 Å². The number of rotatable bonds is 0. The molecule has 6 heteroatoms. The molecule has 2 N–H and O–H groups in total. The second kappa shape index (κ2) is 4.64. The maximum Gasteiger partial charge on any atom is 0.105 e. The topological polar surface area (TPSA) is 72.7 Å². The summed E-state index contributed by atoms with van der Waals surface area (Å²) in [6.07, 6.45) is 10.2. The fourth-order valence-corrected chi connectivity index (χ4v) is 3.23. The summed E-state index contributed by atoms with van der Waals surface area (Å²) in [7, 11) is 0. The molecule has 6 nitrogen and oxygen atoms in total. The van der Waals surface area contributed by atoms with E-state index in [2.05, 4.69) is 0 Å². The van der Waals surface area contributed by atoms with Gasteiger partial charge in [0.05, 0.1) is 22.1 Å². The van der Waals surface area contributed by atoms with Crippen molar-refractivity contribution in [2.24, 2.45) is 0 Å². The number of hydroxylamine groups is 2. The van der Waals surface area contributed by atoms with Crippen molar-refractivity contribution in [1.29, 1.82) is 0 Å². The number of allylic oxidation sites excluding steroid dienone is 2. The van der Waals surface area contributed by atoms with Gasteiger partial charge in [0.25, 0.3) is 0 Å². The Morgan fingerprint density at radius 2 is 1.17 bits per heavy atom. The number of hydrogen-bond donors (Lipinski definition) is 2. The molecule has 0 saturated carbocycles. The maximum atomic E-state index is 10.3. The normalized spacial score (nSPS) is 15.2. The number of benzene rings is 2. The largest absolute Gasteiger partial charge is 0.284 e. The Kier molecular flexibility index (Phi) is 2.56. The molecule has 0 aliphatic carbocycles. The molecule has 0 fully saturated rings. The van der Waals surface area contributed by atoms with Crippen LogP contribution in [-0.4, -0.2) is 20.4 Å². The van der Waals surface area contributed by atoms with Crippen LogP contribution in [0.15, 0.2) is 48.8 Å². The fraction of sp³-hybridized carbons (Fsp3) is 0. The van der Waals surface area contributed by atoms with Gasteiger partial charge in [-0.1, -0.05) is 12.1 Å².